The molecule has 0 N–H and O–H groups in total. The summed E-state index contributed by atoms with van der Waals surface area (Å²) in [6, 6.07) is 3.75. The van der Waals surface area contributed by atoms with Crippen molar-refractivity contribution in [3.63, 3.8) is 0 Å². The lowest BCUT2D eigenvalue weighted by atomic mass is 10.0. The molecule has 0 radical (unpaired) electrons. The molecule has 0 aromatic carbocycles. The summed E-state index contributed by atoms with van der Waals surface area (Å²) < 4.78 is 5.34. The van der Waals surface area contributed by atoms with Crippen LogP contribution in [0, 0.1) is 16.7 Å². The van der Waals surface area contributed by atoms with Gasteiger partial charge in [0.2, 0.25) is 0 Å². The fourth-order valence-corrected chi connectivity index (χ4v) is 2.51. The first kappa shape index (κ1) is 12.1. The minimum Gasteiger partial charge on any atom is -0.461 e. The third-order valence-corrected chi connectivity index (χ3v) is 4.36. The molecule has 0 bridgehead atoms. The van der Waals surface area contributed by atoms with E-state index >= 15 is 0 Å². The summed E-state index contributed by atoms with van der Waals surface area (Å²) >= 11 is 0. The van der Waals surface area contributed by atoms with E-state index in [1.165, 1.54) is 0 Å². The summed E-state index contributed by atoms with van der Waals surface area (Å²) in [6.07, 6.45) is 3.43. The molecule has 1 saturated carbocycles. The third-order valence-electron chi connectivity index (χ3n) is 4.36. The number of esters is 1. The van der Waals surface area contributed by atoms with E-state index in [2.05, 4.69) is 32.7 Å². The average Bonchev–Trinajstić information content (AvgIpc) is 2.68. The molecule has 3 nitrogen and oxygen atoms in total. The van der Waals surface area contributed by atoms with Crippen LogP contribution < -0.4 is 0 Å². The molecule has 0 aliphatic heterocycles. The highest BCUT2D eigenvalue weighted by Gasteiger charge is 2.69. The number of hydrogen-bond donors (Lipinski definition) is 0. The van der Waals surface area contributed by atoms with E-state index in [1.807, 2.05) is 12.1 Å². The van der Waals surface area contributed by atoms with Crippen molar-refractivity contribution < 1.29 is 9.53 Å². The zero-order valence-corrected chi connectivity index (χ0v) is 10.9. The molecule has 0 saturated heterocycles. The lowest BCUT2D eigenvalue weighted by Crippen LogP contribution is -2.11. The predicted molar refractivity (Wildman–Crippen MR) is 65.1 cm³/mol. The van der Waals surface area contributed by atoms with Crippen LogP contribution in [0.2, 0.25) is 0 Å². The first-order chi connectivity index (χ1) is 7.87. The van der Waals surface area contributed by atoms with Gasteiger partial charge in [0.1, 0.15) is 6.61 Å². The summed E-state index contributed by atoms with van der Waals surface area (Å²) in [7, 11) is 0. The first-order valence-electron chi connectivity index (χ1n) is 5.93. The fourth-order valence-electron chi connectivity index (χ4n) is 2.51. The van der Waals surface area contributed by atoms with Gasteiger partial charge < -0.3 is 4.74 Å². The normalized spacial score (nSPS) is 20.9. The largest absolute Gasteiger partial charge is 0.461 e. The van der Waals surface area contributed by atoms with Crippen LogP contribution >= 0.6 is 0 Å². The minimum atomic E-state index is -0.0937. The number of carbonyl (C=O) groups is 1. The quantitative estimate of drug-likeness (QED) is 0.754. The lowest BCUT2D eigenvalue weighted by molar-refractivity contribution is -0.148. The van der Waals surface area contributed by atoms with Gasteiger partial charge in [0, 0.05) is 18.0 Å². The second-order valence-corrected chi connectivity index (χ2v) is 5.85. The van der Waals surface area contributed by atoms with Gasteiger partial charge in [0.15, 0.2) is 0 Å². The van der Waals surface area contributed by atoms with Gasteiger partial charge in [-0.2, -0.15) is 0 Å². The smallest absolute Gasteiger partial charge is 0.310 e. The van der Waals surface area contributed by atoms with Crippen LogP contribution in [-0.2, 0) is 16.1 Å². The van der Waals surface area contributed by atoms with E-state index in [0.29, 0.717) is 6.61 Å². The second-order valence-electron chi connectivity index (χ2n) is 5.85. The molecule has 1 aromatic heterocycles. The van der Waals surface area contributed by atoms with E-state index in [1.54, 1.807) is 12.4 Å². The second kappa shape index (κ2) is 3.83. The van der Waals surface area contributed by atoms with Crippen molar-refractivity contribution in [2.24, 2.45) is 16.7 Å². The van der Waals surface area contributed by atoms with E-state index in [-0.39, 0.29) is 22.7 Å². The highest BCUT2D eigenvalue weighted by atomic mass is 16.5. The SMILES string of the molecule is CC1(C)C(C(=O)OCc2cccnc2)C1(C)C. The van der Waals surface area contributed by atoms with Gasteiger partial charge in [-0.15, -0.1) is 0 Å². The molecule has 1 aromatic rings. The van der Waals surface area contributed by atoms with Crippen molar-refractivity contribution in [2.75, 3.05) is 0 Å². The van der Waals surface area contributed by atoms with Gasteiger partial charge >= 0.3 is 5.97 Å². The van der Waals surface area contributed by atoms with Gasteiger partial charge in [0.05, 0.1) is 5.92 Å². The van der Waals surface area contributed by atoms with Crippen molar-refractivity contribution in [2.45, 2.75) is 34.3 Å². The summed E-state index contributed by atoms with van der Waals surface area (Å²) in [5, 5.41) is 0. The Morgan fingerprint density at radius 2 is 2.00 bits per heavy atom. The van der Waals surface area contributed by atoms with Crippen LogP contribution in [0.15, 0.2) is 24.5 Å². The Kier molecular flexibility index (Phi) is 2.72. The maximum atomic E-state index is 12.0. The molecule has 17 heavy (non-hydrogen) atoms. The first-order valence-corrected chi connectivity index (χ1v) is 5.93. The van der Waals surface area contributed by atoms with Crippen molar-refractivity contribution >= 4 is 5.97 Å². The van der Waals surface area contributed by atoms with Crippen LogP contribution in [0.4, 0.5) is 0 Å². The van der Waals surface area contributed by atoms with E-state index in [4.69, 9.17) is 4.74 Å². The standard InChI is InChI=1S/C14H19NO2/c1-13(2)11(14(13,3)4)12(16)17-9-10-6-5-7-15-8-10/h5-8,11H,9H2,1-4H3. The molecule has 2 rings (SSSR count). The van der Waals surface area contributed by atoms with E-state index in [9.17, 15) is 4.79 Å². The molecule has 3 heteroatoms. The number of ether oxygens (including phenoxy) is 1. The van der Waals surface area contributed by atoms with Crippen LogP contribution in [0.25, 0.3) is 0 Å². The molecular formula is C14H19NO2. The summed E-state index contributed by atoms with van der Waals surface area (Å²) in [5.74, 6) is -0.0875. The molecule has 1 aliphatic rings. The molecular weight excluding hydrogens is 214 g/mol. The van der Waals surface area contributed by atoms with Crippen molar-refractivity contribution in [1.82, 2.24) is 4.98 Å². The van der Waals surface area contributed by atoms with Crippen LogP contribution in [-0.4, -0.2) is 11.0 Å². The Morgan fingerprint density at radius 3 is 2.47 bits per heavy atom. The Hall–Kier alpha value is -1.38. The average molecular weight is 233 g/mol. The van der Waals surface area contributed by atoms with Gasteiger partial charge in [-0.05, 0) is 16.9 Å². The van der Waals surface area contributed by atoms with Crippen molar-refractivity contribution in [3.05, 3.63) is 30.1 Å². The predicted octanol–water partition coefficient (Wildman–Crippen LogP) is 2.81. The number of pyridine rings is 1. The van der Waals surface area contributed by atoms with Gasteiger partial charge in [-0.3, -0.25) is 9.78 Å². The Balaban J connectivity index is 1.92. The minimum absolute atomic E-state index is 0.00618. The van der Waals surface area contributed by atoms with Crippen molar-refractivity contribution in [3.8, 4) is 0 Å². The van der Waals surface area contributed by atoms with Crippen LogP contribution in [0.3, 0.4) is 0 Å². The zero-order chi connectivity index (χ0) is 12.7. The number of nitrogens with zero attached hydrogens (tertiary/aromatic N) is 1. The summed E-state index contributed by atoms with van der Waals surface area (Å²) in [5.41, 5.74) is 1.01. The molecule has 0 unspecified atom stereocenters. The van der Waals surface area contributed by atoms with Gasteiger partial charge in [-0.25, -0.2) is 0 Å². The highest BCUT2D eigenvalue weighted by molar-refractivity contribution is 5.78. The molecule has 0 amide bonds. The summed E-state index contributed by atoms with van der Waals surface area (Å²) in [4.78, 5) is 16.0. The van der Waals surface area contributed by atoms with Crippen LogP contribution in [0.5, 0.6) is 0 Å². The fraction of sp³-hybridized carbons (Fsp3) is 0.571. The number of carbonyl (C=O) groups excluding carboxylic acids is 1. The molecule has 0 atom stereocenters. The molecule has 92 valence electrons. The van der Waals surface area contributed by atoms with Crippen LogP contribution in [0.1, 0.15) is 33.3 Å². The Bertz CT molecular complexity index is 409. The maximum Gasteiger partial charge on any atom is 0.310 e. The van der Waals surface area contributed by atoms with Gasteiger partial charge in [-0.1, -0.05) is 33.8 Å². The Labute approximate surface area is 102 Å². The monoisotopic (exact) mass is 233 g/mol. The van der Waals surface area contributed by atoms with E-state index in [0.717, 1.165) is 5.56 Å². The maximum absolute atomic E-state index is 12.0. The number of aromatic nitrogens is 1. The number of hydrogen-bond acceptors (Lipinski definition) is 3. The molecule has 1 fully saturated rings. The lowest BCUT2D eigenvalue weighted by Gasteiger charge is -2.05. The molecule has 1 heterocycles. The highest BCUT2D eigenvalue weighted by Crippen LogP contribution is 2.68. The number of rotatable bonds is 3. The molecule has 1 aliphatic carbocycles. The van der Waals surface area contributed by atoms with E-state index < -0.39 is 0 Å². The summed E-state index contributed by atoms with van der Waals surface area (Å²) in [6.45, 7) is 8.77. The van der Waals surface area contributed by atoms with Crippen molar-refractivity contribution in [1.29, 1.82) is 0 Å². The topological polar surface area (TPSA) is 39.2 Å². The molecule has 0 spiro atoms. The zero-order valence-electron chi connectivity index (χ0n) is 10.9. The Morgan fingerprint density at radius 1 is 1.35 bits per heavy atom. The van der Waals surface area contributed by atoms with Gasteiger partial charge in [0.25, 0.3) is 0 Å². The third kappa shape index (κ3) is 1.94.